The van der Waals surface area contributed by atoms with Gasteiger partial charge in [0.05, 0.1) is 5.69 Å². The third-order valence-corrected chi connectivity index (χ3v) is 4.41. The predicted molar refractivity (Wildman–Crippen MR) is 107 cm³/mol. The van der Waals surface area contributed by atoms with Crippen LogP contribution in [0, 0.1) is 13.8 Å². The molecule has 0 spiro atoms. The zero-order valence-electron chi connectivity index (χ0n) is 15.6. The van der Waals surface area contributed by atoms with Gasteiger partial charge in [-0.1, -0.05) is 48.0 Å². The minimum atomic E-state index is -0.290. The Labute approximate surface area is 158 Å². The van der Waals surface area contributed by atoms with Gasteiger partial charge in [-0.2, -0.15) is 5.10 Å². The fourth-order valence-corrected chi connectivity index (χ4v) is 2.90. The van der Waals surface area contributed by atoms with E-state index in [4.69, 9.17) is 0 Å². The van der Waals surface area contributed by atoms with Crippen LogP contribution >= 0.6 is 0 Å². The summed E-state index contributed by atoms with van der Waals surface area (Å²) in [6, 6.07) is 19.2. The lowest BCUT2D eigenvalue weighted by Gasteiger charge is -2.10. The van der Waals surface area contributed by atoms with Gasteiger partial charge in [0.2, 0.25) is 5.91 Å². The van der Waals surface area contributed by atoms with E-state index < -0.39 is 0 Å². The summed E-state index contributed by atoms with van der Waals surface area (Å²) >= 11 is 0. The first-order chi connectivity index (χ1) is 13.0. The number of rotatable bonds is 6. The molecule has 1 amide bonds. The summed E-state index contributed by atoms with van der Waals surface area (Å²) in [5.74, 6) is -0.223. The van der Waals surface area contributed by atoms with E-state index in [1.165, 1.54) is 10.7 Å². The Hall–Kier alpha value is -3.21. The van der Waals surface area contributed by atoms with Crippen molar-refractivity contribution < 1.29 is 4.79 Å². The van der Waals surface area contributed by atoms with Gasteiger partial charge < -0.3 is 5.32 Å². The van der Waals surface area contributed by atoms with Crippen LogP contribution in [0.2, 0.25) is 0 Å². The zero-order chi connectivity index (χ0) is 19.2. The molecule has 0 aliphatic rings. The van der Waals surface area contributed by atoms with Crippen LogP contribution in [0.4, 0.5) is 0 Å². The molecule has 0 aliphatic heterocycles. The van der Waals surface area contributed by atoms with Crippen molar-refractivity contribution in [1.82, 2.24) is 15.1 Å². The van der Waals surface area contributed by atoms with Gasteiger partial charge in [0.1, 0.15) is 6.54 Å². The molecule has 1 N–H and O–H groups in total. The van der Waals surface area contributed by atoms with E-state index in [2.05, 4.69) is 10.4 Å². The number of aryl methyl sites for hydroxylation is 2. The normalized spacial score (nSPS) is 10.6. The quantitative estimate of drug-likeness (QED) is 0.734. The summed E-state index contributed by atoms with van der Waals surface area (Å²) in [5.41, 5.74) is 4.72. The molecule has 3 rings (SSSR count). The molecule has 3 aromatic rings. The molecule has 0 aliphatic carbocycles. The number of nitrogens with zero attached hydrogens (tertiary/aromatic N) is 2. The van der Waals surface area contributed by atoms with Crippen LogP contribution in [0.15, 0.2) is 65.5 Å². The van der Waals surface area contributed by atoms with Crippen LogP contribution in [-0.4, -0.2) is 22.2 Å². The lowest BCUT2D eigenvalue weighted by atomic mass is 10.0. The van der Waals surface area contributed by atoms with Crippen LogP contribution in [0.5, 0.6) is 0 Å². The van der Waals surface area contributed by atoms with Gasteiger partial charge in [0.15, 0.2) is 0 Å². The number of nitrogens with one attached hydrogen (secondary N) is 1. The lowest BCUT2D eigenvalue weighted by Crippen LogP contribution is -2.34. The molecule has 0 saturated carbocycles. The molecule has 0 saturated heterocycles. The molecule has 0 bridgehead atoms. The minimum Gasteiger partial charge on any atom is -0.354 e. The monoisotopic (exact) mass is 361 g/mol. The van der Waals surface area contributed by atoms with Crippen molar-refractivity contribution in [2.45, 2.75) is 26.8 Å². The van der Waals surface area contributed by atoms with Crippen LogP contribution in [0.3, 0.4) is 0 Å². The second-order valence-electron chi connectivity index (χ2n) is 6.62. The predicted octanol–water partition coefficient (Wildman–Crippen LogP) is 2.89. The maximum Gasteiger partial charge on any atom is 0.267 e. The van der Waals surface area contributed by atoms with Gasteiger partial charge in [-0.3, -0.25) is 9.59 Å². The minimum absolute atomic E-state index is 0.0909. The maximum absolute atomic E-state index is 12.2. The summed E-state index contributed by atoms with van der Waals surface area (Å²) in [4.78, 5) is 24.3. The highest BCUT2D eigenvalue weighted by Gasteiger charge is 2.09. The highest BCUT2D eigenvalue weighted by Crippen LogP contribution is 2.21. The van der Waals surface area contributed by atoms with Crippen LogP contribution < -0.4 is 10.9 Å². The smallest absolute Gasteiger partial charge is 0.267 e. The highest BCUT2D eigenvalue weighted by atomic mass is 16.2. The zero-order valence-corrected chi connectivity index (χ0v) is 15.6. The summed E-state index contributed by atoms with van der Waals surface area (Å²) < 4.78 is 1.22. The van der Waals surface area contributed by atoms with Crippen molar-refractivity contribution in [3.8, 4) is 11.3 Å². The summed E-state index contributed by atoms with van der Waals surface area (Å²) in [6.07, 6.45) is 0.747. The number of amides is 1. The van der Waals surface area contributed by atoms with Crippen LogP contribution in [-0.2, 0) is 17.8 Å². The fourth-order valence-electron chi connectivity index (χ4n) is 2.90. The van der Waals surface area contributed by atoms with Crippen LogP contribution in [0.25, 0.3) is 11.3 Å². The number of benzene rings is 2. The second-order valence-corrected chi connectivity index (χ2v) is 6.62. The number of hydrogen-bond acceptors (Lipinski definition) is 3. The number of carbonyl (C=O) groups excluding carboxylic acids is 1. The molecule has 27 heavy (non-hydrogen) atoms. The molecule has 138 valence electrons. The lowest BCUT2D eigenvalue weighted by molar-refractivity contribution is -0.121. The van der Waals surface area contributed by atoms with Crippen molar-refractivity contribution in [3.63, 3.8) is 0 Å². The average molecular weight is 361 g/mol. The first-order valence-corrected chi connectivity index (χ1v) is 8.99. The number of aromatic nitrogens is 2. The summed E-state index contributed by atoms with van der Waals surface area (Å²) in [6.45, 7) is 4.45. The molecule has 0 radical (unpaired) electrons. The first kappa shape index (κ1) is 18.6. The third-order valence-electron chi connectivity index (χ3n) is 4.41. The molecule has 5 heteroatoms. The first-order valence-electron chi connectivity index (χ1n) is 8.99. The summed E-state index contributed by atoms with van der Waals surface area (Å²) in [5, 5.41) is 7.24. The van der Waals surface area contributed by atoms with Gasteiger partial charge in [-0.25, -0.2) is 4.68 Å². The van der Waals surface area contributed by atoms with Crippen molar-refractivity contribution in [1.29, 1.82) is 0 Å². The van der Waals surface area contributed by atoms with E-state index >= 15 is 0 Å². The number of carbonyl (C=O) groups is 1. The Morgan fingerprint density at radius 1 is 1.04 bits per heavy atom. The molecule has 1 aromatic heterocycles. The highest BCUT2D eigenvalue weighted by molar-refractivity contribution is 5.75. The Balaban J connectivity index is 1.68. The van der Waals surface area contributed by atoms with Gasteiger partial charge in [-0.15, -0.1) is 0 Å². The Kier molecular flexibility index (Phi) is 5.81. The number of hydrogen-bond donors (Lipinski definition) is 1. The maximum atomic E-state index is 12.2. The SMILES string of the molecule is Cc1ccc(C)c(-c2ccc(=O)n(CC(=O)NCCc3ccccc3)n2)c1. The molecule has 0 atom stereocenters. The van der Waals surface area contributed by atoms with Gasteiger partial charge in [0, 0.05) is 18.2 Å². The largest absolute Gasteiger partial charge is 0.354 e. The average Bonchev–Trinajstić information content (AvgIpc) is 2.66. The topological polar surface area (TPSA) is 64.0 Å². The standard InChI is InChI=1S/C22H23N3O2/c1-16-8-9-17(2)19(14-16)20-10-11-22(27)25(24-20)15-21(26)23-13-12-18-6-4-3-5-7-18/h3-11,14H,12-13,15H2,1-2H3,(H,23,26). The Morgan fingerprint density at radius 3 is 2.59 bits per heavy atom. The Morgan fingerprint density at radius 2 is 1.81 bits per heavy atom. The van der Waals surface area contributed by atoms with Crippen molar-refractivity contribution in [3.05, 3.63) is 87.7 Å². The van der Waals surface area contributed by atoms with E-state index in [9.17, 15) is 9.59 Å². The molecule has 1 heterocycles. The second kappa shape index (κ2) is 8.45. The molecular formula is C22H23N3O2. The van der Waals surface area contributed by atoms with E-state index in [0.717, 1.165) is 28.7 Å². The Bertz CT molecular complexity index is 994. The van der Waals surface area contributed by atoms with Crippen molar-refractivity contribution >= 4 is 5.91 Å². The van der Waals surface area contributed by atoms with Gasteiger partial charge in [-0.05, 0) is 43.5 Å². The van der Waals surface area contributed by atoms with Crippen molar-refractivity contribution in [2.24, 2.45) is 0 Å². The summed E-state index contributed by atoms with van der Waals surface area (Å²) in [7, 11) is 0. The molecule has 5 nitrogen and oxygen atoms in total. The van der Waals surface area contributed by atoms with E-state index in [1.807, 2.05) is 62.4 Å². The van der Waals surface area contributed by atoms with E-state index in [-0.39, 0.29) is 18.0 Å². The van der Waals surface area contributed by atoms with E-state index in [1.54, 1.807) is 6.07 Å². The fraction of sp³-hybridized carbons (Fsp3) is 0.227. The van der Waals surface area contributed by atoms with Gasteiger partial charge in [0.25, 0.3) is 5.56 Å². The van der Waals surface area contributed by atoms with E-state index in [0.29, 0.717) is 12.2 Å². The molecule has 0 fully saturated rings. The van der Waals surface area contributed by atoms with Gasteiger partial charge >= 0.3 is 0 Å². The molecule has 2 aromatic carbocycles. The molecule has 0 unspecified atom stereocenters. The third kappa shape index (κ3) is 4.91. The van der Waals surface area contributed by atoms with Crippen molar-refractivity contribution in [2.75, 3.05) is 6.54 Å². The van der Waals surface area contributed by atoms with Crippen LogP contribution in [0.1, 0.15) is 16.7 Å². The molecular weight excluding hydrogens is 338 g/mol.